The van der Waals surface area contributed by atoms with Crippen molar-refractivity contribution in [1.82, 2.24) is 4.90 Å². The average molecular weight is 534 g/mol. The normalized spacial score (nSPS) is 18.5. The molecular weight excluding hydrogens is 515 g/mol. The van der Waals surface area contributed by atoms with E-state index < -0.39 is 11.6 Å². The van der Waals surface area contributed by atoms with E-state index in [0.29, 0.717) is 22.2 Å². The fraction of sp³-hybridized carbons (Fsp3) is 0.167. The zero-order chi connectivity index (χ0) is 23.0. The van der Waals surface area contributed by atoms with Crippen LogP contribution in [-0.4, -0.2) is 27.5 Å². The first-order chi connectivity index (χ1) is 15.2. The number of carbonyl (C=O) groups excluding carboxylic acids is 2. The molecule has 0 aromatic heterocycles. The highest BCUT2D eigenvalue weighted by Crippen LogP contribution is 2.38. The molecule has 1 aliphatic heterocycles. The zero-order valence-electron chi connectivity index (χ0n) is 17.1. The molecule has 4 rings (SSSR count). The van der Waals surface area contributed by atoms with Crippen LogP contribution < -0.4 is 4.90 Å². The molecule has 0 aliphatic carbocycles. The second-order valence-corrected chi connectivity index (χ2v) is 9.67. The third-order valence-corrected chi connectivity index (χ3v) is 6.49. The highest BCUT2D eigenvalue weighted by atomic mass is 79.9. The minimum Gasteiger partial charge on any atom is -0.508 e. The van der Waals surface area contributed by atoms with E-state index >= 15 is 0 Å². The number of carbonyl (C=O) groups is 2. The number of phenols is 1. The van der Waals surface area contributed by atoms with Crippen LogP contribution in [0.4, 0.5) is 10.5 Å². The van der Waals surface area contributed by atoms with Crippen LogP contribution in [0.15, 0.2) is 71.2 Å². The molecule has 3 aromatic carbocycles. The van der Waals surface area contributed by atoms with E-state index in [-0.39, 0.29) is 18.2 Å². The van der Waals surface area contributed by atoms with Gasteiger partial charge in [-0.25, -0.2) is 9.69 Å². The lowest BCUT2D eigenvalue weighted by molar-refractivity contribution is -0.124. The molecule has 0 bridgehead atoms. The van der Waals surface area contributed by atoms with Crippen LogP contribution >= 0.6 is 39.1 Å². The maximum Gasteiger partial charge on any atom is 0.332 e. The molecule has 0 saturated carbocycles. The van der Waals surface area contributed by atoms with Crippen molar-refractivity contribution in [1.29, 1.82) is 0 Å². The number of benzene rings is 3. The van der Waals surface area contributed by atoms with E-state index in [1.54, 1.807) is 54.3 Å². The zero-order valence-corrected chi connectivity index (χ0v) is 20.2. The van der Waals surface area contributed by atoms with Gasteiger partial charge in [-0.05, 0) is 60.5 Å². The molecule has 1 N–H and O–H groups in total. The van der Waals surface area contributed by atoms with Crippen LogP contribution in [0.25, 0.3) is 0 Å². The van der Waals surface area contributed by atoms with Gasteiger partial charge in [0.1, 0.15) is 11.3 Å². The van der Waals surface area contributed by atoms with E-state index in [1.165, 1.54) is 0 Å². The Bertz CT molecular complexity index is 1160. The van der Waals surface area contributed by atoms with Gasteiger partial charge in [-0.3, -0.25) is 4.79 Å². The van der Waals surface area contributed by atoms with Crippen LogP contribution in [0.3, 0.4) is 0 Å². The van der Waals surface area contributed by atoms with E-state index in [9.17, 15) is 14.7 Å². The fourth-order valence-electron chi connectivity index (χ4n) is 3.87. The summed E-state index contributed by atoms with van der Waals surface area (Å²) in [6.07, 6.45) is 0.327. The van der Waals surface area contributed by atoms with Gasteiger partial charge in [0.05, 0.1) is 5.69 Å². The van der Waals surface area contributed by atoms with Crippen molar-refractivity contribution in [3.8, 4) is 5.75 Å². The molecule has 164 valence electrons. The summed E-state index contributed by atoms with van der Waals surface area (Å²) < 4.78 is 0.927. The molecule has 3 aromatic rings. The van der Waals surface area contributed by atoms with Crippen LogP contribution in [0.2, 0.25) is 10.0 Å². The summed E-state index contributed by atoms with van der Waals surface area (Å²) in [7, 11) is 0. The number of halogens is 3. The Balaban J connectivity index is 1.77. The second kappa shape index (κ2) is 8.77. The van der Waals surface area contributed by atoms with Gasteiger partial charge in [0.25, 0.3) is 5.91 Å². The number of rotatable bonds is 5. The van der Waals surface area contributed by atoms with E-state index in [4.69, 9.17) is 23.2 Å². The number of hydrogen-bond donors (Lipinski definition) is 1. The molecule has 1 unspecified atom stereocenters. The van der Waals surface area contributed by atoms with Crippen molar-refractivity contribution in [3.63, 3.8) is 0 Å². The number of phenolic OH excluding ortho intramolecular Hbond substituents is 1. The maximum atomic E-state index is 13.7. The summed E-state index contributed by atoms with van der Waals surface area (Å²) in [5, 5.41) is 10.3. The fourth-order valence-corrected chi connectivity index (χ4v) is 4.65. The van der Waals surface area contributed by atoms with Crippen LogP contribution in [0.1, 0.15) is 18.1 Å². The van der Waals surface area contributed by atoms with Crippen molar-refractivity contribution in [3.05, 3.63) is 92.4 Å². The highest BCUT2D eigenvalue weighted by molar-refractivity contribution is 9.10. The maximum absolute atomic E-state index is 13.7. The molecule has 0 radical (unpaired) electrons. The predicted octanol–water partition coefficient (Wildman–Crippen LogP) is 6.43. The number of hydrogen-bond acceptors (Lipinski definition) is 3. The minimum atomic E-state index is -1.14. The Morgan fingerprint density at radius 3 is 2.06 bits per heavy atom. The molecular formula is C24H19BrCl2N2O3. The van der Waals surface area contributed by atoms with Gasteiger partial charge >= 0.3 is 6.03 Å². The van der Waals surface area contributed by atoms with Crippen LogP contribution in [0.5, 0.6) is 5.75 Å². The summed E-state index contributed by atoms with van der Waals surface area (Å²) in [5.41, 5.74) is 0.889. The highest BCUT2D eigenvalue weighted by Gasteiger charge is 2.54. The Hall–Kier alpha value is -2.54. The van der Waals surface area contributed by atoms with Crippen molar-refractivity contribution in [2.45, 2.75) is 25.4 Å². The van der Waals surface area contributed by atoms with Gasteiger partial charge < -0.3 is 10.0 Å². The molecule has 32 heavy (non-hydrogen) atoms. The first-order valence-electron chi connectivity index (χ1n) is 9.82. The molecule has 1 aliphatic rings. The smallest absolute Gasteiger partial charge is 0.332 e. The van der Waals surface area contributed by atoms with Crippen molar-refractivity contribution >= 4 is 56.8 Å². The van der Waals surface area contributed by atoms with Crippen LogP contribution in [0, 0.1) is 0 Å². The monoisotopic (exact) mass is 532 g/mol. The lowest BCUT2D eigenvalue weighted by Crippen LogP contribution is -2.48. The first-order valence-corrected chi connectivity index (χ1v) is 11.4. The number of aromatic hydroxyl groups is 1. The Kier molecular flexibility index (Phi) is 6.21. The Labute approximate surface area is 204 Å². The first kappa shape index (κ1) is 22.6. The lowest BCUT2D eigenvalue weighted by Gasteiger charge is -2.32. The molecule has 1 heterocycles. The Morgan fingerprint density at radius 1 is 0.906 bits per heavy atom. The molecule has 1 saturated heterocycles. The number of urea groups is 1. The summed E-state index contributed by atoms with van der Waals surface area (Å²) in [6, 6.07) is 18.4. The summed E-state index contributed by atoms with van der Waals surface area (Å²) >= 11 is 15.7. The van der Waals surface area contributed by atoms with E-state index in [2.05, 4.69) is 15.9 Å². The van der Waals surface area contributed by atoms with Gasteiger partial charge in [0, 0.05) is 27.5 Å². The average Bonchev–Trinajstić information content (AvgIpc) is 2.91. The van der Waals surface area contributed by atoms with Crippen LogP contribution in [-0.2, 0) is 17.8 Å². The quantitative estimate of drug-likeness (QED) is 0.384. The third-order valence-electron chi connectivity index (χ3n) is 5.53. The largest absolute Gasteiger partial charge is 0.508 e. The summed E-state index contributed by atoms with van der Waals surface area (Å²) in [6.45, 7) is 1.96. The molecule has 1 atom stereocenters. The molecule has 3 amide bonds. The standard InChI is InChI=1S/C24H19BrCl2N2O3/c1-24(13-15-2-6-17(25)7-3-15)22(31)29(20-11-18(26)10-19(27)12-20)23(32)28(24)14-16-4-8-21(30)9-5-16/h2-12,30H,13-14H2,1H3. The number of imide groups is 1. The number of nitrogens with zero attached hydrogens (tertiary/aromatic N) is 2. The predicted molar refractivity (Wildman–Crippen MR) is 129 cm³/mol. The van der Waals surface area contributed by atoms with Crippen molar-refractivity contribution in [2.24, 2.45) is 0 Å². The summed E-state index contributed by atoms with van der Waals surface area (Å²) in [5.74, 6) is -0.229. The van der Waals surface area contributed by atoms with Gasteiger partial charge in [-0.2, -0.15) is 0 Å². The minimum absolute atomic E-state index is 0.130. The number of amides is 3. The summed E-state index contributed by atoms with van der Waals surface area (Å²) in [4.78, 5) is 30.0. The van der Waals surface area contributed by atoms with Gasteiger partial charge in [-0.1, -0.05) is 63.4 Å². The molecule has 1 fully saturated rings. The van der Waals surface area contributed by atoms with Gasteiger partial charge in [0.15, 0.2) is 0 Å². The molecule has 8 heteroatoms. The topological polar surface area (TPSA) is 60.9 Å². The molecule has 0 spiro atoms. The van der Waals surface area contributed by atoms with Crippen molar-refractivity contribution in [2.75, 3.05) is 4.90 Å². The lowest BCUT2D eigenvalue weighted by atomic mass is 9.90. The SMILES string of the molecule is CC1(Cc2ccc(Br)cc2)C(=O)N(c2cc(Cl)cc(Cl)c2)C(=O)N1Cc1ccc(O)cc1. The number of anilines is 1. The molecule has 5 nitrogen and oxygen atoms in total. The van der Waals surface area contributed by atoms with Gasteiger partial charge in [0.2, 0.25) is 0 Å². The van der Waals surface area contributed by atoms with E-state index in [1.807, 2.05) is 24.3 Å². The Morgan fingerprint density at radius 2 is 1.47 bits per heavy atom. The van der Waals surface area contributed by atoms with E-state index in [0.717, 1.165) is 20.5 Å². The second-order valence-electron chi connectivity index (χ2n) is 7.88. The van der Waals surface area contributed by atoms with Gasteiger partial charge in [-0.15, -0.1) is 0 Å². The third kappa shape index (κ3) is 4.35. The van der Waals surface area contributed by atoms with Crippen molar-refractivity contribution < 1.29 is 14.7 Å².